The first kappa shape index (κ1) is 31.9. The molecular formula is C50H34N2OSSi. The molecule has 0 saturated heterocycles. The lowest BCUT2D eigenvalue weighted by Crippen LogP contribution is -2.74. The van der Waals surface area contributed by atoms with Crippen LogP contribution in [0.4, 0.5) is 0 Å². The Kier molecular flexibility index (Phi) is 7.44. The van der Waals surface area contributed by atoms with Crippen LogP contribution in [0, 0.1) is 0 Å². The highest BCUT2D eigenvalue weighted by Gasteiger charge is 2.41. The zero-order valence-corrected chi connectivity index (χ0v) is 31.7. The number of rotatable bonds is 6. The highest BCUT2D eigenvalue weighted by molar-refractivity contribution is 7.25. The van der Waals surface area contributed by atoms with Crippen molar-refractivity contribution in [2.45, 2.75) is 6.61 Å². The van der Waals surface area contributed by atoms with Crippen molar-refractivity contribution in [2.75, 3.05) is 0 Å². The molecule has 0 bridgehead atoms. The molecule has 2 aromatic heterocycles. The van der Waals surface area contributed by atoms with Crippen LogP contribution in [0.25, 0.3) is 59.1 Å². The van der Waals surface area contributed by atoms with E-state index in [-0.39, 0.29) is 0 Å². The van der Waals surface area contributed by atoms with E-state index in [1.807, 2.05) is 23.5 Å². The van der Waals surface area contributed by atoms with Gasteiger partial charge in [0.05, 0.1) is 16.7 Å². The van der Waals surface area contributed by atoms with Gasteiger partial charge in [0, 0.05) is 20.2 Å². The predicted molar refractivity (Wildman–Crippen MR) is 233 cm³/mol. The minimum absolute atomic E-state index is 0.454. The zero-order chi connectivity index (χ0) is 36.3. The fourth-order valence-corrected chi connectivity index (χ4v) is 14.6. The molecule has 0 radical (unpaired) electrons. The molecule has 0 aliphatic carbocycles. The Hall–Kier alpha value is -6.53. The molecule has 3 heterocycles. The molecule has 0 amide bonds. The molecule has 260 valence electrons. The van der Waals surface area contributed by atoms with Crippen LogP contribution in [0.1, 0.15) is 5.82 Å². The second-order valence-electron chi connectivity index (χ2n) is 14.3. The van der Waals surface area contributed by atoms with Gasteiger partial charge in [0.25, 0.3) is 0 Å². The van der Waals surface area contributed by atoms with E-state index in [4.69, 9.17) is 9.72 Å². The van der Waals surface area contributed by atoms with Gasteiger partial charge in [0.2, 0.25) is 0 Å². The lowest BCUT2D eigenvalue weighted by atomic mass is 10.0. The number of ether oxygens (including phenoxy) is 1. The van der Waals surface area contributed by atoms with Gasteiger partial charge in [-0.1, -0.05) is 152 Å². The van der Waals surface area contributed by atoms with Crippen molar-refractivity contribution in [3.8, 4) is 33.7 Å². The number of imidazole rings is 1. The number of benzene rings is 8. The van der Waals surface area contributed by atoms with Gasteiger partial charge in [-0.05, 0) is 85.5 Å². The Bertz CT molecular complexity index is 3020. The summed E-state index contributed by atoms with van der Waals surface area (Å²) >= 11 is 1.87. The lowest BCUT2D eigenvalue weighted by molar-refractivity contribution is 0.280. The fourth-order valence-electron chi connectivity index (χ4n) is 8.73. The third-order valence-corrected chi connectivity index (χ3v) is 17.1. The van der Waals surface area contributed by atoms with Gasteiger partial charge in [-0.25, -0.2) is 4.98 Å². The van der Waals surface area contributed by atoms with Crippen LogP contribution in [-0.2, 0) is 6.61 Å². The summed E-state index contributed by atoms with van der Waals surface area (Å²) in [7, 11) is -2.85. The number of thiophene rings is 1. The summed E-state index contributed by atoms with van der Waals surface area (Å²) < 4.78 is 11.0. The quantitative estimate of drug-likeness (QED) is 0.126. The first-order valence-corrected chi connectivity index (χ1v) is 21.5. The van der Waals surface area contributed by atoms with Gasteiger partial charge in [-0.3, -0.25) is 4.57 Å². The molecule has 0 saturated carbocycles. The molecule has 0 atom stereocenters. The highest BCUT2D eigenvalue weighted by Crippen LogP contribution is 2.37. The Morgan fingerprint density at radius 2 is 1.05 bits per heavy atom. The average Bonchev–Trinajstić information content (AvgIpc) is 3.83. The number of aromatic nitrogens is 2. The van der Waals surface area contributed by atoms with Crippen LogP contribution >= 0.6 is 11.3 Å². The topological polar surface area (TPSA) is 27.1 Å². The maximum Gasteiger partial charge on any atom is 0.179 e. The predicted octanol–water partition coefficient (Wildman–Crippen LogP) is 10.00. The van der Waals surface area contributed by atoms with Crippen LogP contribution in [-0.4, -0.2) is 17.6 Å². The molecule has 1 aliphatic rings. The van der Waals surface area contributed by atoms with E-state index in [9.17, 15) is 0 Å². The average molecular weight is 739 g/mol. The number of nitrogens with zero attached hydrogens (tertiary/aromatic N) is 2. The SMILES string of the molecule is c1ccc([Si](c2ccccc2)(c2cccc(-c3ccc4c(c3)nc3n4-c4ccccc4OC3)c2)c2cccc(-c3ccc4sc5ccccc5c4c3)c2)cc1. The van der Waals surface area contributed by atoms with Gasteiger partial charge in [0.1, 0.15) is 12.4 Å². The van der Waals surface area contributed by atoms with E-state index in [2.05, 4.69) is 187 Å². The smallest absolute Gasteiger partial charge is 0.179 e. The molecule has 5 heteroatoms. The Morgan fingerprint density at radius 3 is 1.80 bits per heavy atom. The van der Waals surface area contributed by atoms with Crippen molar-refractivity contribution in [1.82, 2.24) is 9.55 Å². The van der Waals surface area contributed by atoms with Crippen LogP contribution in [0.15, 0.2) is 194 Å². The van der Waals surface area contributed by atoms with Crippen molar-refractivity contribution in [2.24, 2.45) is 0 Å². The van der Waals surface area contributed by atoms with E-state index < -0.39 is 8.07 Å². The van der Waals surface area contributed by atoms with E-state index >= 15 is 0 Å². The van der Waals surface area contributed by atoms with E-state index in [0.717, 1.165) is 33.9 Å². The lowest BCUT2D eigenvalue weighted by Gasteiger charge is -2.35. The summed E-state index contributed by atoms with van der Waals surface area (Å²) in [6, 6.07) is 71.6. The number of para-hydroxylation sites is 2. The van der Waals surface area contributed by atoms with Gasteiger partial charge in [-0.2, -0.15) is 0 Å². The summed E-state index contributed by atoms with van der Waals surface area (Å²) in [4.78, 5) is 5.07. The molecule has 3 nitrogen and oxygen atoms in total. The summed E-state index contributed by atoms with van der Waals surface area (Å²) in [6.45, 7) is 0.454. The van der Waals surface area contributed by atoms with Gasteiger partial charge >= 0.3 is 0 Å². The molecule has 55 heavy (non-hydrogen) atoms. The summed E-state index contributed by atoms with van der Waals surface area (Å²) in [6.07, 6.45) is 0. The first-order chi connectivity index (χ1) is 27.2. The Balaban J connectivity index is 1.10. The zero-order valence-electron chi connectivity index (χ0n) is 29.9. The van der Waals surface area contributed by atoms with Gasteiger partial charge in [0.15, 0.2) is 13.9 Å². The van der Waals surface area contributed by atoms with Gasteiger partial charge < -0.3 is 4.74 Å². The molecule has 11 rings (SSSR count). The minimum atomic E-state index is -2.85. The van der Waals surface area contributed by atoms with Crippen LogP contribution in [0.5, 0.6) is 5.75 Å². The normalized spacial score (nSPS) is 12.4. The second-order valence-corrected chi connectivity index (χ2v) is 19.2. The van der Waals surface area contributed by atoms with Crippen molar-refractivity contribution >= 4 is 71.4 Å². The summed E-state index contributed by atoms with van der Waals surface area (Å²) in [5.41, 5.74) is 7.89. The number of hydrogen-bond donors (Lipinski definition) is 0. The molecule has 0 spiro atoms. The Labute approximate surface area is 324 Å². The maximum atomic E-state index is 6.06. The van der Waals surface area contributed by atoms with Crippen molar-refractivity contribution in [3.05, 3.63) is 200 Å². The van der Waals surface area contributed by atoms with Crippen LogP contribution < -0.4 is 25.5 Å². The van der Waals surface area contributed by atoms with Crippen molar-refractivity contribution in [1.29, 1.82) is 0 Å². The fraction of sp³-hybridized carbons (Fsp3) is 0.0200. The van der Waals surface area contributed by atoms with Gasteiger partial charge in [-0.15, -0.1) is 11.3 Å². The van der Waals surface area contributed by atoms with Crippen LogP contribution in [0.2, 0.25) is 0 Å². The number of hydrogen-bond acceptors (Lipinski definition) is 3. The van der Waals surface area contributed by atoms with E-state index in [1.165, 1.54) is 57.6 Å². The number of fused-ring (bicyclic) bond motifs is 8. The van der Waals surface area contributed by atoms with Crippen molar-refractivity contribution < 1.29 is 4.74 Å². The monoisotopic (exact) mass is 738 g/mol. The largest absolute Gasteiger partial charge is 0.483 e. The molecule has 0 fully saturated rings. The first-order valence-electron chi connectivity index (χ1n) is 18.7. The third-order valence-electron chi connectivity index (χ3n) is 11.2. The maximum absolute atomic E-state index is 6.06. The molecule has 1 aliphatic heterocycles. The molecule has 0 N–H and O–H groups in total. The third kappa shape index (κ3) is 5.12. The highest BCUT2D eigenvalue weighted by atomic mass is 32.1. The van der Waals surface area contributed by atoms with Crippen LogP contribution in [0.3, 0.4) is 0 Å². The minimum Gasteiger partial charge on any atom is -0.483 e. The standard InChI is InChI=1S/C50H34N2OSSi/c1-3-15-38(16-4-1)55(39-17-5-2-6-18-39,40-19-11-13-34(29-40)36-26-28-49-43(31-36)42-21-7-10-24-48(42)54-49)41-20-12-14-35(30-41)37-25-27-45-44(32-37)51-50-33-53-47-23-9-8-22-46(47)52(45)50/h1-32H,33H2. The molecule has 8 aromatic carbocycles. The van der Waals surface area contributed by atoms with Crippen molar-refractivity contribution in [3.63, 3.8) is 0 Å². The summed E-state index contributed by atoms with van der Waals surface area (Å²) in [5, 5.41) is 8.03. The van der Waals surface area contributed by atoms with E-state index in [1.54, 1.807) is 0 Å². The Morgan fingerprint density at radius 1 is 0.473 bits per heavy atom. The molecular weight excluding hydrogens is 705 g/mol. The summed E-state index contributed by atoms with van der Waals surface area (Å²) in [5.74, 6) is 1.81. The molecule has 0 unspecified atom stereocenters. The molecule has 10 aromatic rings. The van der Waals surface area contributed by atoms with E-state index in [0.29, 0.717) is 6.61 Å². The second kappa shape index (κ2) is 12.8.